The molecule has 0 amide bonds. The van der Waals surface area contributed by atoms with Crippen LogP contribution < -0.4 is 9.47 Å². The van der Waals surface area contributed by atoms with Gasteiger partial charge in [0.1, 0.15) is 11.5 Å². The number of benzene rings is 2. The van der Waals surface area contributed by atoms with Gasteiger partial charge in [0, 0.05) is 27.7 Å². The monoisotopic (exact) mass is 341 g/mol. The molecule has 0 saturated heterocycles. The molecule has 2 aromatic carbocycles. The summed E-state index contributed by atoms with van der Waals surface area (Å²) in [6.07, 6.45) is 0. The highest BCUT2D eigenvalue weighted by Crippen LogP contribution is 2.29. The van der Waals surface area contributed by atoms with E-state index in [0.29, 0.717) is 22.1 Å². The van der Waals surface area contributed by atoms with E-state index >= 15 is 0 Å². The number of pyridine rings is 1. The van der Waals surface area contributed by atoms with E-state index < -0.39 is 0 Å². The largest absolute Gasteiger partial charge is 0.497 e. The van der Waals surface area contributed by atoms with Crippen molar-refractivity contribution in [1.29, 1.82) is 0 Å². The molecule has 0 aliphatic carbocycles. The van der Waals surface area contributed by atoms with Gasteiger partial charge in [-0.1, -0.05) is 23.7 Å². The van der Waals surface area contributed by atoms with Crippen molar-refractivity contribution in [1.82, 2.24) is 4.98 Å². The highest BCUT2D eigenvalue weighted by atomic mass is 35.5. The average molecular weight is 342 g/mol. The van der Waals surface area contributed by atoms with Gasteiger partial charge in [0.05, 0.1) is 12.6 Å². The molecule has 0 aliphatic heterocycles. The van der Waals surface area contributed by atoms with E-state index in [9.17, 15) is 4.79 Å². The van der Waals surface area contributed by atoms with Crippen LogP contribution in [-0.4, -0.2) is 24.5 Å². The van der Waals surface area contributed by atoms with Crippen LogP contribution in [0.25, 0.3) is 10.9 Å². The van der Waals surface area contributed by atoms with Crippen molar-refractivity contribution < 1.29 is 14.3 Å². The van der Waals surface area contributed by atoms with E-state index in [1.807, 2.05) is 31.2 Å². The molecule has 122 valence electrons. The van der Waals surface area contributed by atoms with Crippen LogP contribution in [0.3, 0.4) is 0 Å². The summed E-state index contributed by atoms with van der Waals surface area (Å²) in [5.41, 5.74) is 2.13. The number of aryl methyl sites for hydroxylation is 1. The zero-order valence-corrected chi connectivity index (χ0v) is 14.1. The molecule has 3 aromatic rings. The highest BCUT2D eigenvalue weighted by Gasteiger charge is 2.11. The van der Waals surface area contributed by atoms with E-state index in [0.717, 1.165) is 16.6 Å². The molecule has 0 unspecified atom stereocenters. The molecule has 4 nitrogen and oxygen atoms in total. The smallest absolute Gasteiger partial charge is 0.200 e. The predicted molar refractivity (Wildman–Crippen MR) is 94.3 cm³/mol. The lowest BCUT2D eigenvalue weighted by molar-refractivity contribution is 0.0922. The van der Waals surface area contributed by atoms with Gasteiger partial charge in [0.15, 0.2) is 12.4 Å². The first-order chi connectivity index (χ1) is 11.6. The van der Waals surface area contributed by atoms with Crippen molar-refractivity contribution in [3.8, 4) is 11.5 Å². The standard InChI is InChI=1S/C19H16ClNO3/c1-12-8-19(16-10-15(23-2)6-7-17(16)21-12)24-11-18(22)13-4-3-5-14(20)9-13/h3-10H,11H2,1-2H3. The number of aromatic nitrogens is 1. The normalized spacial score (nSPS) is 10.6. The molecule has 0 saturated carbocycles. The number of ether oxygens (including phenoxy) is 2. The molecule has 0 atom stereocenters. The minimum Gasteiger partial charge on any atom is -0.497 e. The van der Waals surface area contributed by atoms with E-state index in [1.54, 1.807) is 31.4 Å². The second kappa shape index (κ2) is 6.89. The van der Waals surface area contributed by atoms with Crippen LogP contribution in [-0.2, 0) is 0 Å². The van der Waals surface area contributed by atoms with Crippen LogP contribution in [0.5, 0.6) is 11.5 Å². The third kappa shape index (κ3) is 3.49. The van der Waals surface area contributed by atoms with Gasteiger partial charge < -0.3 is 9.47 Å². The van der Waals surface area contributed by atoms with Gasteiger partial charge in [-0.25, -0.2) is 0 Å². The Hall–Kier alpha value is -2.59. The number of nitrogens with zero attached hydrogens (tertiary/aromatic N) is 1. The van der Waals surface area contributed by atoms with Crippen molar-refractivity contribution in [2.75, 3.05) is 13.7 Å². The predicted octanol–water partition coefficient (Wildman–Crippen LogP) is 4.47. The van der Waals surface area contributed by atoms with Crippen molar-refractivity contribution in [2.45, 2.75) is 6.92 Å². The number of hydrogen-bond acceptors (Lipinski definition) is 4. The third-order valence-electron chi connectivity index (χ3n) is 3.61. The fourth-order valence-electron chi connectivity index (χ4n) is 2.43. The molecule has 0 fully saturated rings. The van der Waals surface area contributed by atoms with Gasteiger partial charge >= 0.3 is 0 Å². The van der Waals surface area contributed by atoms with Gasteiger partial charge in [-0.3, -0.25) is 9.78 Å². The third-order valence-corrected chi connectivity index (χ3v) is 3.85. The summed E-state index contributed by atoms with van der Waals surface area (Å²) in [5.74, 6) is 1.17. The maximum atomic E-state index is 12.3. The van der Waals surface area contributed by atoms with E-state index in [4.69, 9.17) is 21.1 Å². The van der Waals surface area contributed by atoms with Gasteiger partial charge in [0.2, 0.25) is 0 Å². The fraction of sp³-hybridized carbons (Fsp3) is 0.158. The number of carbonyl (C=O) groups excluding carboxylic acids is 1. The first-order valence-corrected chi connectivity index (χ1v) is 7.81. The Bertz CT molecular complexity index is 908. The minimum absolute atomic E-state index is 0.0733. The summed E-state index contributed by atoms with van der Waals surface area (Å²) in [6, 6.07) is 14.2. The molecule has 0 bridgehead atoms. The summed E-state index contributed by atoms with van der Waals surface area (Å²) in [4.78, 5) is 16.8. The topological polar surface area (TPSA) is 48.4 Å². The number of rotatable bonds is 5. The number of methoxy groups -OCH3 is 1. The molecule has 0 N–H and O–H groups in total. The summed E-state index contributed by atoms with van der Waals surface area (Å²) in [7, 11) is 1.60. The van der Waals surface area contributed by atoms with Crippen LogP contribution in [0.15, 0.2) is 48.5 Å². The van der Waals surface area contributed by atoms with Gasteiger partial charge in [-0.05, 0) is 37.3 Å². The Morgan fingerprint density at radius 3 is 2.75 bits per heavy atom. The quantitative estimate of drug-likeness (QED) is 0.642. The van der Waals surface area contributed by atoms with Crippen LogP contribution in [0.2, 0.25) is 5.02 Å². The molecule has 1 aromatic heterocycles. The zero-order chi connectivity index (χ0) is 17.1. The fourth-order valence-corrected chi connectivity index (χ4v) is 2.62. The zero-order valence-electron chi connectivity index (χ0n) is 13.4. The van der Waals surface area contributed by atoms with E-state index in [1.165, 1.54) is 0 Å². The van der Waals surface area contributed by atoms with Crippen LogP contribution in [0.1, 0.15) is 16.1 Å². The summed E-state index contributed by atoms with van der Waals surface area (Å²) < 4.78 is 11.0. The summed E-state index contributed by atoms with van der Waals surface area (Å²) in [5, 5.41) is 1.33. The Kier molecular flexibility index (Phi) is 4.67. The summed E-state index contributed by atoms with van der Waals surface area (Å²) >= 11 is 5.92. The molecule has 0 radical (unpaired) electrons. The number of hydrogen-bond donors (Lipinski definition) is 0. The summed E-state index contributed by atoms with van der Waals surface area (Å²) in [6.45, 7) is 1.81. The lowest BCUT2D eigenvalue weighted by Crippen LogP contribution is -2.12. The highest BCUT2D eigenvalue weighted by molar-refractivity contribution is 6.31. The lowest BCUT2D eigenvalue weighted by atomic mass is 10.1. The SMILES string of the molecule is COc1ccc2nc(C)cc(OCC(=O)c3cccc(Cl)c3)c2c1. The first kappa shape index (κ1) is 16.3. The Balaban J connectivity index is 1.88. The van der Waals surface area contributed by atoms with Crippen LogP contribution in [0, 0.1) is 6.92 Å². The molecule has 24 heavy (non-hydrogen) atoms. The second-order valence-electron chi connectivity index (χ2n) is 5.37. The molecule has 0 spiro atoms. The minimum atomic E-state index is -0.136. The lowest BCUT2D eigenvalue weighted by Gasteiger charge is -2.11. The number of ketones is 1. The first-order valence-electron chi connectivity index (χ1n) is 7.44. The molecular weight excluding hydrogens is 326 g/mol. The Morgan fingerprint density at radius 2 is 2.00 bits per heavy atom. The number of fused-ring (bicyclic) bond motifs is 1. The molecule has 0 aliphatic rings. The Morgan fingerprint density at radius 1 is 1.17 bits per heavy atom. The molecule has 3 rings (SSSR count). The molecular formula is C19H16ClNO3. The number of carbonyl (C=O) groups is 1. The van der Waals surface area contributed by atoms with Gasteiger partial charge in [-0.2, -0.15) is 0 Å². The number of Topliss-reactive ketones (excluding diaryl/α,β-unsaturated/α-hetero) is 1. The van der Waals surface area contributed by atoms with Crippen molar-refractivity contribution in [2.24, 2.45) is 0 Å². The average Bonchev–Trinajstić information content (AvgIpc) is 2.58. The maximum Gasteiger partial charge on any atom is 0.200 e. The van der Waals surface area contributed by atoms with Crippen LogP contribution in [0.4, 0.5) is 0 Å². The van der Waals surface area contributed by atoms with Crippen molar-refractivity contribution in [3.05, 3.63) is 64.8 Å². The van der Waals surface area contributed by atoms with Crippen LogP contribution >= 0.6 is 11.6 Å². The molecule has 1 heterocycles. The van der Waals surface area contributed by atoms with Crippen molar-refractivity contribution in [3.63, 3.8) is 0 Å². The van der Waals surface area contributed by atoms with Crippen molar-refractivity contribution >= 4 is 28.3 Å². The second-order valence-corrected chi connectivity index (χ2v) is 5.80. The maximum absolute atomic E-state index is 12.3. The molecule has 5 heteroatoms. The number of halogens is 1. The van der Waals surface area contributed by atoms with E-state index in [-0.39, 0.29) is 12.4 Å². The van der Waals surface area contributed by atoms with Gasteiger partial charge in [0.25, 0.3) is 0 Å². The van der Waals surface area contributed by atoms with Gasteiger partial charge in [-0.15, -0.1) is 0 Å². The van der Waals surface area contributed by atoms with E-state index in [2.05, 4.69) is 4.98 Å². The Labute approximate surface area is 145 Å².